The highest BCUT2D eigenvalue weighted by Gasteiger charge is 2.16. The van der Waals surface area contributed by atoms with Crippen LogP contribution in [0.15, 0.2) is 18.2 Å². The fraction of sp³-hybridized carbons (Fsp3) is 0.300. The summed E-state index contributed by atoms with van der Waals surface area (Å²) in [6.07, 6.45) is 0. The second-order valence-electron chi connectivity index (χ2n) is 3.12. The summed E-state index contributed by atoms with van der Waals surface area (Å²) in [7, 11) is 0. The van der Waals surface area contributed by atoms with Crippen LogP contribution >= 0.6 is 0 Å². The predicted octanol–water partition coefficient (Wildman–Crippen LogP) is 0.891. The van der Waals surface area contributed by atoms with Gasteiger partial charge in [-0.2, -0.15) is 0 Å². The maximum absolute atomic E-state index is 11.1. The molecule has 0 aliphatic carbocycles. The highest BCUT2D eigenvalue weighted by atomic mass is 16.6. The molecule has 0 aromatic heterocycles. The van der Waals surface area contributed by atoms with E-state index in [1.54, 1.807) is 13.0 Å². The molecule has 0 bridgehead atoms. The number of ether oxygens (including phenoxy) is 1. The van der Waals surface area contributed by atoms with Gasteiger partial charge in [0.2, 0.25) is 5.91 Å². The van der Waals surface area contributed by atoms with Crippen molar-refractivity contribution in [3.8, 4) is 5.75 Å². The van der Waals surface area contributed by atoms with Gasteiger partial charge in [0, 0.05) is 0 Å². The Morgan fingerprint density at radius 1 is 1.59 bits per heavy atom. The van der Waals surface area contributed by atoms with Crippen LogP contribution in [0.2, 0.25) is 0 Å². The third kappa shape index (κ3) is 3.42. The Morgan fingerprint density at radius 3 is 2.82 bits per heavy atom. The molecular formula is C10H13N3O4. The summed E-state index contributed by atoms with van der Waals surface area (Å²) in [6, 6.07) is 4.22. The van der Waals surface area contributed by atoms with Gasteiger partial charge in [-0.05, 0) is 19.1 Å². The van der Waals surface area contributed by atoms with Crippen LogP contribution in [0.25, 0.3) is 0 Å². The Morgan fingerprint density at radius 2 is 2.29 bits per heavy atom. The molecule has 0 spiro atoms. The summed E-state index contributed by atoms with van der Waals surface area (Å²) in [5.41, 5.74) is 5.00. The Labute approximate surface area is 97.7 Å². The number of nitrogens with two attached hydrogens (primary N) is 1. The quantitative estimate of drug-likeness (QED) is 0.586. The molecule has 3 N–H and O–H groups in total. The van der Waals surface area contributed by atoms with Crippen molar-refractivity contribution >= 4 is 17.3 Å². The van der Waals surface area contributed by atoms with Gasteiger partial charge in [-0.1, -0.05) is 0 Å². The molecule has 0 radical (unpaired) electrons. The molecule has 17 heavy (non-hydrogen) atoms. The van der Waals surface area contributed by atoms with Crippen LogP contribution in [0.1, 0.15) is 6.92 Å². The normalized spacial score (nSPS) is 9.76. The lowest BCUT2D eigenvalue weighted by molar-refractivity contribution is -0.384. The monoisotopic (exact) mass is 239 g/mol. The second kappa shape index (κ2) is 5.80. The van der Waals surface area contributed by atoms with Crippen molar-refractivity contribution in [2.45, 2.75) is 6.92 Å². The number of nitro benzene ring substituents is 1. The molecule has 0 heterocycles. The molecule has 0 unspecified atom stereocenters. The molecule has 1 amide bonds. The Hall–Kier alpha value is -2.15. The summed E-state index contributed by atoms with van der Waals surface area (Å²) in [5, 5.41) is 13.2. The lowest BCUT2D eigenvalue weighted by atomic mass is 10.2. The summed E-state index contributed by atoms with van der Waals surface area (Å²) >= 11 is 0. The first kappa shape index (κ1) is 12.9. The number of hydrogen-bond donors (Lipinski definition) is 2. The van der Waals surface area contributed by atoms with Crippen LogP contribution in [0.5, 0.6) is 5.75 Å². The number of nitrogens with zero attached hydrogens (tertiary/aromatic N) is 1. The lowest BCUT2D eigenvalue weighted by Crippen LogP contribution is -2.22. The van der Waals surface area contributed by atoms with E-state index in [-0.39, 0.29) is 17.9 Å². The fourth-order valence-electron chi connectivity index (χ4n) is 1.23. The number of carbonyl (C=O) groups is 1. The van der Waals surface area contributed by atoms with Crippen molar-refractivity contribution in [2.24, 2.45) is 5.73 Å². The first-order valence-electron chi connectivity index (χ1n) is 4.99. The molecule has 92 valence electrons. The van der Waals surface area contributed by atoms with E-state index in [4.69, 9.17) is 10.5 Å². The summed E-state index contributed by atoms with van der Waals surface area (Å²) < 4.78 is 5.14. The Bertz CT molecular complexity index is 434. The minimum Gasteiger partial charge on any atom is -0.494 e. The topological polar surface area (TPSA) is 107 Å². The average Bonchev–Trinajstić information content (AvgIpc) is 2.31. The third-order valence-corrected chi connectivity index (χ3v) is 1.94. The van der Waals surface area contributed by atoms with Crippen molar-refractivity contribution in [3.63, 3.8) is 0 Å². The molecule has 1 rings (SSSR count). The zero-order valence-corrected chi connectivity index (χ0v) is 9.30. The minimum absolute atomic E-state index is 0.105. The van der Waals surface area contributed by atoms with E-state index in [0.717, 1.165) is 0 Å². The highest BCUT2D eigenvalue weighted by Crippen LogP contribution is 2.28. The third-order valence-electron chi connectivity index (χ3n) is 1.94. The van der Waals surface area contributed by atoms with Crippen LogP contribution in [-0.2, 0) is 4.79 Å². The van der Waals surface area contributed by atoms with Gasteiger partial charge in [-0.3, -0.25) is 14.9 Å². The summed E-state index contributed by atoms with van der Waals surface area (Å²) in [6.45, 7) is 1.95. The fourth-order valence-corrected chi connectivity index (χ4v) is 1.23. The molecule has 0 saturated heterocycles. The number of rotatable bonds is 5. The number of benzene rings is 1. The van der Waals surface area contributed by atoms with Gasteiger partial charge in [-0.15, -0.1) is 0 Å². The first-order valence-corrected chi connectivity index (χ1v) is 4.99. The maximum atomic E-state index is 11.1. The highest BCUT2D eigenvalue weighted by molar-refractivity contribution is 5.94. The van der Waals surface area contributed by atoms with Crippen LogP contribution < -0.4 is 15.8 Å². The SMILES string of the molecule is CCOc1ccc(NC(=O)CN)c([N+](=O)[O-])c1. The van der Waals surface area contributed by atoms with E-state index < -0.39 is 10.8 Å². The van der Waals surface area contributed by atoms with Gasteiger partial charge in [-0.25, -0.2) is 0 Å². The molecule has 7 heteroatoms. The first-order chi connectivity index (χ1) is 8.08. The summed E-state index contributed by atoms with van der Waals surface area (Å²) in [4.78, 5) is 21.3. The van der Waals surface area contributed by atoms with E-state index in [1.807, 2.05) is 0 Å². The Kier molecular flexibility index (Phi) is 4.41. The van der Waals surface area contributed by atoms with Gasteiger partial charge in [0.25, 0.3) is 5.69 Å². The number of amides is 1. The number of nitro groups is 1. The van der Waals surface area contributed by atoms with Crippen LogP contribution in [0, 0.1) is 10.1 Å². The van der Waals surface area contributed by atoms with Gasteiger partial charge < -0.3 is 15.8 Å². The number of nitrogens with one attached hydrogen (secondary N) is 1. The molecule has 0 atom stereocenters. The van der Waals surface area contributed by atoms with Gasteiger partial charge in [0.05, 0.1) is 24.1 Å². The van der Waals surface area contributed by atoms with Crippen molar-refractivity contribution in [1.82, 2.24) is 0 Å². The van der Waals surface area contributed by atoms with E-state index in [9.17, 15) is 14.9 Å². The largest absolute Gasteiger partial charge is 0.494 e. The Balaban J connectivity index is 3.04. The van der Waals surface area contributed by atoms with E-state index >= 15 is 0 Å². The molecular weight excluding hydrogens is 226 g/mol. The maximum Gasteiger partial charge on any atom is 0.296 e. The van der Waals surface area contributed by atoms with Crippen molar-refractivity contribution < 1.29 is 14.5 Å². The molecule has 0 fully saturated rings. The zero-order chi connectivity index (χ0) is 12.8. The zero-order valence-electron chi connectivity index (χ0n) is 9.30. The van der Waals surface area contributed by atoms with E-state index in [0.29, 0.717) is 12.4 Å². The predicted molar refractivity (Wildman–Crippen MR) is 61.9 cm³/mol. The standard InChI is InChI=1S/C10H13N3O4/c1-2-17-7-3-4-8(12-10(14)6-11)9(5-7)13(15)16/h3-5H,2,6,11H2,1H3,(H,12,14). The van der Waals surface area contributed by atoms with Gasteiger partial charge >= 0.3 is 0 Å². The van der Waals surface area contributed by atoms with Crippen molar-refractivity contribution in [1.29, 1.82) is 0 Å². The number of hydrogen-bond acceptors (Lipinski definition) is 5. The lowest BCUT2D eigenvalue weighted by Gasteiger charge is -2.07. The average molecular weight is 239 g/mol. The van der Waals surface area contributed by atoms with Crippen molar-refractivity contribution in [2.75, 3.05) is 18.5 Å². The molecule has 1 aromatic carbocycles. The van der Waals surface area contributed by atoms with Gasteiger partial charge in [0.1, 0.15) is 11.4 Å². The van der Waals surface area contributed by atoms with Gasteiger partial charge in [0.15, 0.2) is 0 Å². The van der Waals surface area contributed by atoms with Crippen LogP contribution in [0.3, 0.4) is 0 Å². The number of carbonyl (C=O) groups excluding carboxylic acids is 1. The molecule has 0 aliphatic heterocycles. The van der Waals surface area contributed by atoms with E-state index in [2.05, 4.69) is 5.32 Å². The minimum atomic E-state index is -0.589. The summed E-state index contributed by atoms with van der Waals surface area (Å²) in [5.74, 6) is -0.109. The molecule has 1 aromatic rings. The van der Waals surface area contributed by atoms with Crippen molar-refractivity contribution in [3.05, 3.63) is 28.3 Å². The second-order valence-corrected chi connectivity index (χ2v) is 3.12. The van der Waals surface area contributed by atoms with Crippen LogP contribution in [-0.4, -0.2) is 24.0 Å². The molecule has 0 aliphatic rings. The molecule has 7 nitrogen and oxygen atoms in total. The number of anilines is 1. The van der Waals surface area contributed by atoms with Crippen LogP contribution in [0.4, 0.5) is 11.4 Å². The smallest absolute Gasteiger partial charge is 0.296 e. The van der Waals surface area contributed by atoms with E-state index in [1.165, 1.54) is 12.1 Å². The molecule has 0 saturated carbocycles.